The van der Waals surface area contributed by atoms with Gasteiger partial charge in [-0.25, -0.2) is 8.42 Å². The Balaban J connectivity index is 0.000000197. The maximum atomic E-state index is 10.4. The third-order valence-corrected chi connectivity index (χ3v) is 6.84. The number of benzene rings is 2. The summed E-state index contributed by atoms with van der Waals surface area (Å²) in [4.78, 5) is -0.178. The van der Waals surface area contributed by atoms with E-state index in [2.05, 4.69) is 40.2 Å². The fourth-order valence-corrected chi connectivity index (χ4v) is 4.74. The molecule has 3 nitrogen and oxygen atoms in total. The Labute approximate surface area is 167 Å². The Morgan fingerprint density at radius 1 is 0.962 bits per heavy atom. The molecule has 0 amide bonds. The summed E-state index contributed by atoms with van der Waals surface area (Å²) in [6.45, 7) is 1.82. The lowest BCUT2D eigenvalue weighted by Crippen LogP contribution is -3.59. The van der Waals surface area contributed by atoms with E-state index in [0.29, 0.717) is 5.92 Å². The van der Waals surface area contributed by atoms with Crippen molar-refractivity contribution in [1.82, 2.24) is 0 Å². The molecule has 3 rings (SSSR count). The first-order chi connectivity index (χ1) is 12.4. The van der Waals surface area contributed by atoms with E-state index in [1.165, 1.54) is 47.8 Å². The summed E-state index contributed by atoms with van der Waals surface area (Å²) in [6.07, 6.45) is 6.88. The van der Waals surface area contributed by atoms with E-state index < -0.39 is 10.1 Å². The molecule has 2 aromatic rings. The standard InChI is InChI=1S/C14H16I.C7H8O3S/c1-3-7-13(8-4-1)11-12-15-14-9-5-2-6-10-14;1-6-2-4-7(5-3-6)11(8,9)10/h2,5-6,9-10,13H,1,3-4,7-8H2;2-5H,1H3,(H,8,9,10)/q+1;/p-1. The monoisotopic (exact) mass is 482 g/mol. The lowest BCUT2D eigenvalue weighted by molar-refractivity contribution is -0.535. The smallest absolute Gasteiger partial charge is 0.419 e. The van der Waals surface area contributed by atoms with E-state index in [9.17, 15) is 13.0 Å². The van der Waals surface area contributed by atoms with Gasteiger partial charge >= 0.3 is 21.2 Å². The van der Waals surface area contributed by atoms with Gasteiger partial charge in [-0.3, -0.25) is 0 Å². The summed E-state index contributed by atoms with van der Waals surface area (Å²) in [7, 11) is -4.27. The minimum atomic E-state index is -4.27. The van der Waals surface area contributed by atoms with E-state index in [0.717, 1.165) is 5.56 Å². The van der Waals surface area contributed by atoms with Crippen LogP contribution >= 0.6 is 0 Å². The van der Waals surface area contributed by atoms with Gasteiger partial charge in [0, 0.05) is 5.92 Å². The SMILES string of the molecule is C(#CC1CCCCC1)[I+]c1ccccc1.Cc1ccc(S(=O)(=O)[O-])cc1. The highest BCUT2D eigenvalue weighted by Gasteiger charge is 2.12. The zero-order chi connectivity index (χ0) is 18.8. The van der Waals surface area contributed by atoms with Crippen molar-refractivity contribution in [3.05, 3.63) is 63.7 Å². The van der Waals surface area contributed by atoms with E-state index in [1.807, 2.05) is 6.92 Å². The van der Waals surface area contributed by atoms with Crippen molar-refractivity contribution >= 4 is 10.1 Å². The lowest BCUT2D eigenvalue weighted by atomic mass is 9.90. The quantitative estimate of drug-likeness (QED) is 0.370. The molecule has 1 aliphatic rings. The topological polar surface area (TPSA) is 57.2 Å². The minimum absolute atomic E-state index is 0.0614. The van der Waals surface area contributed by atoms with Crippen LogP contribution in [-0.2, 0) is 10.1 Å². The Morgan fingerprint density at radius 2 is 1.58 bits per heavy atom. The molecule has 0 saturated heterocycles. The first-order valence-electron chi connectivity index (χ1n) is 8.67. The van der Waals surface area contributed by atoms with E-state index in [1.54, 1.807) is 12.1 Å². The molecule has 0 unspecified atom stereocenters. The Bertz CT molecular complexity index is 828. The van der Waals surface area contributed by atoms with Crippen molar-refractivity contribution < 1.29 is 34.2 Å². The fraction of sp³-hybridized carbons (Fsp3) is 0.333. The average Bonchev–Trinajstić information content (AvgIpc) is 2.64. The highest BCUT2D eigenvalue weighted by atomic mass is 127. The molecular weight excluding hydrogens is 459 g/mol. The van der Waals surface area contributed by atoms with Gasteiger partial charge in [-0.15, -0.1) is 0 Å². The molecule has 0 N–H and O–H groups in total. The molecule has 0 aliphatic heterocycles. The van der Waals surface area contributed by atoms with Crippen molar-refractivity contribution in [3.8, 4) is 9.85 Å². The van der Waals surface area contributed by atoms with Gasteiger partial charge in [-0.2, -0.15) is 0 Å². The summed E-state index contributed by atoms with van der Waals surface area (Å²) in [5.74, 6) is 4.18. The van der Waals surface area contributed by atoms with Crippen LogP contribution in [0.1, 0.15) is 37.7 Å². The fourth-order valence-electron chi connectivity index (χ4n) is 2.59. The molecule has 1 aliphatic carbocycles. The van der Waals surface area contributed by atoms with Crippen molar-refractivity contribution in [3.63, 3.8) is 0 Å². The van der Waals surface area contributed by atoms with Gasteiger partial charge in [0.1, 0.15) is 10.1 Å². The third-order valence-electron chi connectivity index (χ3n) is 4.06. The van der Waals surface area contributed by atoms with Crippen LogP contribution in [0.2, 0.25) is 0 Å². The summed E-state index contributed by atoms with van der Waals surface area (Å²) in [6, 6.07) is 16.5. The third kappa shape index (κ3) is 7.90. The highest BCUT2D eigenvalue weighted by molar-refractivity contribution is 7.85. The molecule has 26 heavy (non-hydrogen) atoms. The largest absolute Gasteiger partial charge is 0.744 e. The zero-order valence-corrected chi connectivity index (χ0v) is 17.8. The zero-order valence-electron chi connectivity index (χ0n) is 14.8. The Hall–Kier alpha value is -1.36. The van der Waals surface area contributed by atoms with Crippen LogP contribution in [0.15, 0.2) is 59.5 Å². The number of hydrogen-bond donors (Lipinski definition) is 0. The Morgan fingerprint density at radius 3 is 2.15 bits per heavy atom. The number of aryl methyl sites for hydroxylation is 1. The molecule has 1 saturated carbocycles. The molecule has 0 radical (unpaired) electrons. The van der Waals surface area contributed by atoms with E-state index in [4.69, 9.17) is 0 Å². The van der Waals surface area contributed by atoms with Crippen LogP contribution in [0.4, 0.5) is 0 Å². The van der Waals surface area contributed by atoms with Crippen LogP contribution in [0.3, 0.4) is 0 Å². The molecule has 0 spiro atoms. The van der Waals surface area contributed by atoms with Crippen molar-refractivity contribution in [2.45, 2.75) is 43.9 Å². The summed E-state index contributed by atoms with van der Waals surface area (Å²) in [5, 5.41) is 0. The van der Waals surface area contributed by atoms with Gasteiger partial charge in [-0.05, 0) is 50.0 Å². The van der Waals surface area contributed by atoms with Gasteiger partial charge in [0.2, 0.25) is 3.57 Å². The molecule has 138 valence electrons. The van der Waals surface area contributed by atoms with Gasteiger partial charge in [0.15, 0.2) is 3.93 Å². The second-order valence-electron chi connectivity index (χ2n) is 6.23. The average molecular weight is 482 g/mol. The molecule has 0 heterocycles. The maximum Gasteiger partial charge on any atom is 0.419 e. The van der Waals surface area contributed by atoms with Gasteiger partial charge < -0.3 is 4.55 Å². The normalized spacial score (nSPS) is 14.5. The Kier molecular flexibility index (Phi) is 8.63. The molecule has 0 aromatic heterocycles. The second-order valence-corrected chi connectivity index (χ2v) is 9.94. The highest BCUT2D eigenvalue weighted by Crippen LogP contribution is 2.22. The summed E-state index contributed by atoms with van der Waals surface area (Å²) < 4.78 is 36.0. The van der Waals surface area contributed by atoms with Crippen molar-refractivity contribution in [2.75, 3.05) is 0 Å². The predicted molar refractivity (Wildman–Crippen MR) is 98.6 cm³/mol. The van der Waals surface area contributed by atoms with E-state index in [-0.39, 0.29) is 26.1 Å². The molecule has 0 bridgehead atoms. The van der Waals surface area contributed by atoms with Gasteiger partial charge in [0.05, 0.1) is 4.90 Å². The van der Waals surface area contributed by atoms with Gasteiger partial charge in [-0.1, -0.05) is 55.2 Å². The van der Waals surface area contributed by atoms with Crippen LogP contribution in [0, 0.1) is 26.3 Å². The van der Waals surface area contributed by atoms with Crippen LogP contribution in [-0.4, -0.2) is 13.0 Å². The second kappa shape index (κ2) is 10.7. The number of halogens is 1. The van der Waals surface area contributed by atoms with Gasteiger partial charge in [0.25, 0.3) is 0 Å². The first kappa shape index (κ1) is 20.9. The predicted octanol–water partition coefficient (Wildman–Crippen LogP) is 1.39. The molecule has 5 heteroatoms. The maximum absolute atomic E-state index is 10.4. The first-order valence-corrected chi connectivity index (χ1v) is 12.2. The van der Waals surface area contributed by atoms with Crippen molar-refractivity contribution in [2.24, 2.45) is 5.92 Å². The summed E-state index contributed by atoms with van der Waals surface area (Å²) in [5.41, 5.74) is 0.928. The molecule has 2 aromatic carbocycles. The lowest BCUT2D eigenvalue weighted by Gasteiger charge is -2.14. The number of hydrogen-bond acceptors (Lipinski definition) is 3. The minimum Gasteiger partial charge on any atom is -0.744 e. The molecular formula is C21H23IO3S. The molecule has 1 fully saturated rings. The van der Waals surface area contributed by atoms with Crippen LogP contribution in [0.5, 0.6) is 0 Å². The number of rotatable bonds is 2. The summed E-state index contributed by atoms with van der Waals surface area (Å²) >= 11 is -0.0614. The van der Waals surface area contributed by atoms with Crippen LogP contribution < -0.4 is 21.2 Å². The molecule has 0 atom stereocenters. The van der Waals surface area contributed by atoms with Crippen LogP contribution in [0.25, 0.3) is 0 Å². The van der Waals surface area contributed by atoms with Crippen molar-refractivity contribution in [1.29, 1.82) is 0 Å². The van der Waals surface area contributed by atoms with E-state index >= 15 is 0 Å².